The Bertz CT molecular complexity index is 484. The van der Waals surface area contributed by atoms with Crippen molar-refractivity contribution >= 4 is 22.1 Å². The predicted molar refractivity (Wildman–Crippen MR) is 75.8 cm³/mol. The number of aliphatic carboxylic acids is 2. The number of carboxylic acids is 2. The first-order chi connectivity index (χ1) is 9.25. The van der Waals surface area contributed by atoms with E-state index in [0.29, 0.717) is 6.42 Å². The lowest BCUT2D eigenvalue weighted by molar-refractivity contribution is -0.145. The largest absolute Gasteiger partial charge is 0.480 e. The Morgan fingerprint density at radius 1 is 1.05 bits per heavy atom. The van der Waals surface area contributed by atoms with Gasteiger partial charge in [0.1, 0.15) is 0 Å². The summed E-state index contributed by atoms with van der Waals surface area (Å²) in [5, 5.41) is 17.8. The van der Waals surface area contributed by atoms with Crippen LogP contribution in [0, 0.1) is 0 Å². The Labute approximate surface area is 124 Å². The van der Waals surface area contributed by atoms with E-state index in [-0.39, 0.29) is 6.42 Å². The van der Waals surface area contributed by atoms with Gasteiger partial charge >= 0.3 is 11.9 Å². The summed E-state index contributed by atoms with van der Waals surface area (Å²) in [6.45, 7) is 4.87. The first-order valence-corrected chi connectivity index (χ1v) is 7.85. The molecule has 0 heterocycles. The number of hydrogen-bond donors (Lipinski definition) is 3. The van der Waals surface area contributed by atoms with Crippen LogP contribution in [0.5, 0.6) is 0 Å². The van der Waals surface area contributed by atoms with Crippen molar-refractivity contribution in [2.24, 2.45) is 0 Å². The van der Waals surface area contributed by atoms with Gasteiger partial charge in [0.25, 0.3) is 10.1 Å². The third-order valence-corrected chi connectivity index (χ3v) is 5.22. The fourth-order valence-corrected chi connectivity index (χ4v) is 2.73. The minimum Gasteiger partial charge on any atom is -0.480 e. The van der Waals surface area contributed by atoms with Crippen LogP contribution < -0.4 is 0 Å². The van der Waals surface area contributed by atoms with Crippen molar-refractivity contribution in [2.45, 2.75) is 50.8 Å². The van der Waals surface area contributed by atoms with Gasteiger partial charge in [-0.2, -0.15) is 8.42 Å². The van der Waals surface area contributed by atoms with E-state index in [9.17, 15) is 22.6 Å². The fourth-order valence-electron chi connectivity index (χ4n) is 2.23. The second-order valence-corrected chi connectivity index (χ2v) is 7.96. The van der Waals surface area contributed by atoms with E-state index in [0.717, 1.165) is 0 Å². The average Bonchev–Trinajstić information content (AvgIpc) is 2.24. The fraction of sp³-hybridized carbons (Fsp3) is 0.833. The van der Waals surface area contributed by atoms with Crippen LogP contribution in [0.15, 0.2) is 0 Å². The summed E-state index contributed by atoms with van der Waals surface area (Å²) in [6, 6.07) is 0. The highest BCUT2D eigenvalue weighted by Crippen LogP contribution is 2.33. The Morgan fingerprint density at radius 2 is 1.43 bits per heavy atom. The van der Waals surface area contributed by atoms with Crippen LogP contribution in [0.4, 0.5) is 0 Å². The molecule has 0 bridgehead atoms. The molecule has 1 atom stereocenters. The Kier molecular flexibility index (Phi) is 6.33. The van der Waals surface area contributed by atoms with E-state index in [1.54, 1.807) is 13.8 Å². The molecule has 9 heteroatoms. The third kappa shape index (κ3) is 5.60. The third-order valence-electron chi connectivity index (χ3n) is 3.68. The standard InChI is InChI=1S/C12H23NO7S/c1-5-12(4,8-11(2,3)21(18,19)20)13(6-9(14)15)7-10(16)17/h5-8H2,1-4H3,(H,14,15)(H,16,17)(H,18,19,20). The van der Waals surface area contributed by atoms with Gasteiger partial charge in [-0.05, 0) is 33.6 Å². The molecule has 0 radical (unpaired) electrons. The van der Waals surface area contributed by atoms with Crippen molar-refractivity contribution in [2.75, 3.05) is 13.1 Å². The van der Waals surface area contributed by atoms with Crippen molar-refractivity contribution < 1.29 is 32.8 Å². The van der Waals surface area contributed by atoms with Gasteiger partial charge in [0.15, 0.2) is 0 Å². The van der Waals surface area contributed by atoms with Gasteiger partial charge in [0.2, 0.25) is 0 Å². The molecule has 0 aliphatic carbocycles. The molecule has 0 aromatic rings. The summed E-state index contributed by atoms with van der Waals surface area (Å²) in [6.07, 6.45) is 0.225. The first kappa shape index (κ1) is 19.8. The zero-order valence-corrected chi connectivity index (χ0v) is 13.5. The lowest BCUT2D eigenvalue weighted by atomic mass is 9.86. The van der Waals surface area contributed by atoms with E-state index in [1.165, 1.54) is 18.7 Å². The van der Waals surface area contributed by atoms with Gasteiger partial charge in [-0.3, -0.25) is 19.0 Å². The van der Waals surface area contributed by atoms with Crippen LogP contribution in [0.2, 0.25) is 0 Å². The second-order valence-electron chi connectivity index (χ2n) is 5.91. The highest BCUT2D eigenvalue weighted by molar-refractivity contribution is 7.87. The van der Waals surface area contributed by atoms with Crippen molar-refractivity contribution in [3.8, 4) is 0 Å². The number of rotatable bonds is 9. The molecule has 0 rings (SSSR count). The highest BCUT2D eigenvalue weighted by Gasteiger charge is 2.43. The van der Waals surface area contributed by atoms with Gasteiger partial charge in [0, 0.05) is 5.54 Å². The van der Waals surface area contributed by atoms with Gasteiger partial charge in [-0.1, -0.05) is 6.92 Å². The molecule has 3 N–H and O–H groups in total. The monoisotopic (exact) mass is 325 g/mol. The SMILES string of the molecule is CCC(C)(CC(C)(C)S(=O)(=O)O)N(CC(=O)O)CC(=O)O. The molecular formula is C12H23NO7S. The average molecular weight is 325 g/mol. The van der Waals surface area contributed by atoms with Crippen molar-refractivity contribution in [1.29, 1.82) is 0 Å². The van der Waals surface area contributed by atoms with Gasteiger partial charge in [-0.25, -0.2) is 0 Å². The summed E-state index contributed by atoms with van der Waals surface area (Å²) >= 11 is 0. The maximum Gasteiger partial charge on any atom is 0.317 e. The lowest BCUT2D eigenvalue weighted by Gasteiger charge is -2.43. The summed E-state index contributed by atoms with van der Waals surface area (Å²) in [4.78, 5) is 23.0. The molecule has 0 aromatic carbocycles. The lowest BCUT2D eigenvalue weighted by Crippen LogP contribution is -2.54. The molecule has 8 nitrogen and oxygen atoms in total. The number of carboxylic acid groups (broad SMARTS) is 2. The Balaban J connectivity index is 5.55. The molecule has 1 unspecified atom stereocenters. The molecular weight excluding hydrogens is 302 g/mol. The topological polar surface area (TPSA) is 132 Å². The molecule has 124 valence electrons. The summed E-state index contributed by atoms with van der Waals surface area (Å²) in [5.74, 6) is -2.42. The minimum atomic E-state index is -4.36. The van der Waals surface area contributed by atoms with Crippen molar-refractivity contribution in [1.82, 2.24) is 4.90 Å². The number of hydrogen-bond acceptors (Lipinski definition) is 5. The van der Waals surface area contributed by atoms with Crippen LogP contribution in [0.25, 0.3) is 0 Å². The van der Waals surface area contributed by atoms with E-state index < -0.39 is 45.4 Å². The molecule has 0 fully saturated rings. The van der Waals surface area contributed by atoms with Crippen LogP contribution in [-0.4, -0.2) is 63.4 Å². The molecule has 0 saturated heterocycles. The zero-order valence-electron chi connectivity index (χ0n) is 12.7. The summed E-state index contributed by atoms with van der Waals surface area (Å²) in [5.41, 5.74) is -1.00. The van der Waals surface area contributed by atoms with Crippen LogP contribution >= 0.6 is 0 Å². The second kappa shape index (κ2) is 6.71. The van der Waals surface area contributed by atoms with Gasteiger partial charge in [0.05, 0.1) is 17.8 Å². The van der Waals surface area contributed by atoms with E-state index in [2.05, 4.69) is 0 Å². The van der Waals surface area contributed by atoms with Crippen LogP contribution in [0.1, 0.15) is 40.5 Å². The van der Waals surface area contributed by atoms with Crippen molar-refractivity contribution in [3.05, 3.63) is 0 Å². The molecule has 21 heavy (non-hydrogen) atoms. The van der Waals surface area contributed by atoms with Crippen LogP contribution in [0.3, 0.4) is 0 Å². The van der Waals surface area contributed by atoms with E-state index >= 15 is 0 Å². The predicted octanol–water partition coefficient (Wildman–Crippen LogP) is 0.683. The number of nitrogens with zero attached hydrogens (tertiary/aromatic N) is 1. The minimum absolute atomic E-state index is 0.101. The van der Waals surface area contributed by atoms with Crippen LogP contribution in [-0.2, 0) is 19.7 Å². The van der Waals surface area contributed by atoms with E-state index in [1.807, 2.05) is 0 Å². The molecule has 0 saturated carbocycles. The zero-order chi connectivity index (χ0) is 17.1. The molecule has 0 aliphatic rings. The molecule has 0 spiro atoms. The molecule has 0 aliphatic heterocycles. The van der Waals surface area contributed by atoms with Crippen molar-refractivity contribution in [3.63, 3.8) is 0 Å². The van der Waals surface area contributed by atoms with Gasteiger partial charge < -0.3 is 10.2 Å². The maximum atomic E-state index is 11.4. The van der Waals surface area contributed by atoms with E-state index in [4.69, 9.17) is 10.2 Å². The van der Waals surface area contributed by atoms with Gasteiger partial charge in [-0.15, -0.1) is 0 Å². The molecule has 0 aromatic heterocycles. The molecule has 0 amide bonds. The normalized spacial score (nSPS) is 15.7. The number of carbonyl (C=O) groups is 2. The first-order valence-electron chi connectivity index (χ1n) is 6.41. The quantitative estimate of drug-likeness (QED) is 0.527. The maximum absolute atomic E-state index is 11.4. The summed E-state index contributed by atoms with van der Waals surface area (Å²) < 4.78 is 30.6. The Morgan fingerprint density at radius 3 is 1.67 bits per heavy atom. The Hall–Kier alpha value is -1.19. The smallest absolute Gasteiger partial charge is 0.317 e. The highest BCUT2D eigenvalue weighted by atomic mass is 32.2. The summed E-state index contributed by atoms with van der Waals surface area (Å²) in [7, 11) is -4.36.